The van der Waals surface area contributed by atoms with Crippen LogP contribution in [0, 0.1) is 24.0 Å². The van der Waals surface area contributed by atoms with E-state index in [9.17, 15) is 14.9 Å². The quantitative estimate of drug-likeness (QED) is 0.362. The van der Waals surface area contributed by atoms with Gasteiger partial charge in [-0.3, -0.25) is 14.9 Å². The fraction of sp³-hybridized carbons (Fsp3) is 0.250. The molecule has 8 nitrogen and oxygen atoms in total. The summed E-state index contributed by atoms with van der Waals surface area (Å²) in [5, 5.41) is 22.9. The van der Waals surface area contributed by atoms with Gasteiger partial charge in [-0.2, -0.15) is 0 Å². The van der Waals surface area contributed by atoms with E-state index in [4.69, 9.17) is 0 Å². The molecule has 0 aliphatic rings. The van der Waals surface area contributed by atoms with Gasteiger partial charge in [-0.25, -0.2) is 0 Å². The van der Waals surface area contributed by atoms with E-state index in [1.807, 2.05) is 48.9 Å². The van der Waals surface area contributed by atoms with Gasteiger partial charge in [-0.15, -0.1) is 10.2 Å². The summed E-state index contributed by atoms with van der Waals surface area (Å²) in [5.41, 5.74) is 2.88. The molecule has 0 bridgehead atoms. The molecule has 0 fully saturated rings. The van der Waals surface area contributed by atoms with E-state index in [1.54, 1.807) is 13.0 Å². The molecule has 3 rings (SSSR count). The van der Waals surface area contributed by atoms with E-state index in [-0.39, 0.29) is 23.0 Å². The number of nitro benzene ring substituents is 1. The summed E-state index contributed by atoms with van der Waals surface area (Å²) in [5.74, 6) is 0.527. The van der Waals surface area contributed by atoms with Crippen LogP contribution in [-0.2, 0) is 18.3 Å². The second-order valence-corrected chi connectivity index (χ2v) is 7.61. The smallest absolute Gasteiger partial charge is 0.293 e. The molecule has 3 aromatic rings. The molecule has 1 amide bonds. The van der Waals surface area contributed by atoms with Gasteiger partial charge in [0.2, 0.25) is 5.91 Å². The number of aryl methyl sites for hydroxylation is 2. The summed E-state index contributed by atoms with van der Waals surface area (Å²) in [7, 11) is 1.85. The van der Waals surface area contributed by atoms with Gasteiger partial charge in [0.15, 0.2) is 5.16 Å². The number of thioether (sulfide) groups is 1. The van der Waals surface area contributed by atoms with Crippen LogP contribution in [0.15, 0.2) is 47.6 Å². The van der Waals surface area contributed by atoms with E-state index in [2.05, 4.69) is 15.5 Å². The Balaban J connectivity index is 1.65. The highest BCUT2D eigenvalue weighted by Crippen LogP contribution is 2.28. The minimum atomic E-state index is -0.492. The largest absolute Gasteiger partial charge is 0.320 e. The molecule has 0 aliphatic heterocycles. The van der Waals surface area contributed by atoms with Gasteiger partial charge in [-0.1, -0.05) is 42.1 Å². The second kappa shape index (κ2) is 8.87. The van der Waals surface area contributed by atoms with Gasteiger partial charge in [0.05, 0.1) is 10.7 Å². The topological polar surface area (TPSA) is 103 Å². The number of nitro groups is 1. The Bertz CT molecular complexity index is 1050. The number of amides is 1. The molecule has 0 unspecified atom stereocenters. The van der Waals surface area contributed by atoms with Crippen LogP contribution in [0.3, 0.4) is 0 Å². The average Bonchev–Trinajstić information content (AvgIpc) is 3.03. The zero-order valence-corrected chi connectivity index (χ0v) is 17.2. The normalized spacial score (nSPS) is 10.7. The number of carbonyl (C=O) groups excluding carboxylic acids is 1. The summed E-state index contributed by atoms with van der Waals surface area (Å²) in [4.78, 5) is 23.1. The highest BCUT2D eigenvalue weighted by Gasteiger charge is 2.18. The number of hydrogen-bond acceptors (Lipinski definition) is 6. The fourth-order valence-corrected chi connectivity index (χ4v) is 3.50. The molecular formula is C20H21N5O3S. The van der Waals surface area contributed by atoms with Gasteiger partial charge < -0.3 is 9.88 Å². The maximum Gasteiger partial charge on any atom is 0.293 e. The molecule has 1 aromatic heterocycles. The second-order valence-electron chi connectivity index (χ2n) is 6.67. The lowest BCUT2D eigenvalue weighted by atomic mass is 10.1. The number of aromatic nitrogens is 3. The highest BCUT2D eigenvalue weighted by atomic mass is 32.2. The number of hydrogen-bond donors (Lipinski definition) is 1. The molecule has 0 aliphatic carbocycles. The Labute approximate surface area is 172 Å². The van der Waals surface area contributed by atoms with Gasteiger partial charge in [0.1, 0.15) is 11.5 Å². The van der Waals surface area contributed by atoms with Gasteiger partial charge in [0.25, 0.3) is 5.69 Å². The first-order valence-corrected chi connectivity index (χ1v) is 9.94. The molecule has 2 aromatic carbocycles. The van der Waals surface area contributed by atoms with Crippen molar-refractivity contribution in [1.82, 2.24) is 14.8 Å². The van der Waals surface area contributed by atoms with Crippen LogP contribution >= 0.6 is 11.8 Å². The minimum absolute atomic E-state index is 0.0708. The Morgan fingerprint density at radius 1 is 1.17 bits per heavy atom. The number of nitrogens with one attached hydrogen (secondary N) is 1. The molecular weight excluding hydrogens is 390 g/mol. The molecule has 0 saturated heterocycles. The van der Waals surface area contributed by atoms with Crippen molar-refractivity contribution >= 4 is 29.0 Å². The van der Waals surface area contributed by atoms with E-state index in [0.717, 1.165) is 22.5 Å². The van der Waals surface area contributed by atoms with Crippen LogP contribution < -0.4 is 5.32 Å². The van der Waals surface area contributed by atoms with E-state index >= 15 is 0 Å². The molecule has 1 heterocycles. The van der Waals surface area contributed by atoms with Crippen molar-refractivity contribution < 1.29 is 9.72 Å². The molecule has 9 heteroatoms. The monoisotopic (exact) mass is 411 g/mol. The van der Waals surface area contributed by atoms with Crippen LogP contribution in [0.4, 0.5) is 11.4 Å². The van der Waals surface area contributed by atoms with E-state index in [0.29, 0.717) is 11.6 Å². The third-order valence-corrected chi connectivity index (χ3v) is 5.57. The van der Waals surface area contributed by atoms with Crippen molar-refractivity contribution in [1.29, 1.82) is 0 Å². The maximum absolute atomic E-state index is 12.4. The molecule has 0 atom stereocenters. The lowest BCUT2D eigenvalue weighted by Crippen LogP contribution is -2.16. The molecule has 0 radical (unpaired) electrons. The standard InChI is InChI=1S/C20H21N5O3S/c1-13-9-16(17(25(27)28)10-14(13)2)21-19(26)12-29-20-23-22-18(24(20)3)11-15-7-5-4-6-8-15/h4-10H,11-12H2,1-3H3,(H,21,26). The minimum Gasteiger partial charge on any atom is -0.320 e. The Hall–Kier alpha value is -3.20. The zero-order valence-electron chi connectivity index (χ0n) is 16.4. The third kappa shape index (κ3) is 5.00. The van der Waals surface area contributed by atoms with Crippen LogP contribution in [0.5, 0.6) is 0 Å². The molecule has 0 spiro atoms. The first-order valence-electron chi connectivity index (χ1n) is 8.95. The molecule has 29 heavy (non-hydrogen) atoms. The van der Waals surface area contributed by atoms with Crippen molar-refractivity contribution in [2.24, 2.45) is 7.05 Å². The summed E-state index contributed by atoms with van der Waals surface area (Å²) in [6, 6.07) is 13.0. The number of nitrogens with zero attached hydrogens (tertiary/aromatic N) is 4. The van der Waals surface area contributed by atoms with Crippen LogP contribution in [-0.4, -0.2) is 31.3 Å². The third-order valence-electron chi connectivity index (χ3n) is 4.55. The summed E-state index contributed by atoms with van der Waals surface area (Å²) < 4.78 is 1.85. The van der Waals surface area contributed by atoms with Gasteiger partial charge in [-0.05, 0) is 36.6 Å². The van der Waals surface area contributed by atoms with Crippen LogP contribution in [0.25, 0.3) is 0 Å². The van der Waals surface area contributed by atoms with Crippen LogP contribution in [0.2, 0.25) is 0 Å². The van der Waals surface area contributed by atoms with Crippen molar-refractivity contribution in [3.8, 4) is 0 Å². The van der Waals surface area contributed by atoms with E-state index in [1.165, 1.54) is 17.8 Å². The number of carbonyl (C=O) groups is 1. The SMILES string of the molecule is Cc1cc(NC(=O)CSc2nnc(Cc3ccccc3)n2C)c([N+](=O)[O-])cc1C. The predicted molar refractivity (Wildman–Crippen MR) is 112 cm³/mol. The molecule has 0 saturated carbocycles. The van der Waals surface area contributed by atoms with Crippen molar-refractivity contribution in [3.05, 3.63) is 75.1 Å². The van der Waals surface area contributed by atoms with Gasteiger partial charge >= 0.3 is 0 Å². The van der Waals surface area contributed by atoms with Crippen molar-refractivity contribution in [2.75, 3.05) is 11.1 Å². The Kier molecular flexibility index (Phi) is 6.28. The summed E-state index contributed by atoms with van der Waals surface area (Å²) >= 11 is 1.23. The lowest BCUT2D eigenvalue weighted by Gasteiger charge is -2.09. The molecule has 150 valence electrons. The number of anilines is 1. The molecule has 1 N–H and O–H groups in total. The first kappa shape index (κ1) is 20.5. The fourth-order valence-electron chi connectivity index (χ4n) is 2.77. The van der Waals surface area contributed by atoms with Crippen molar-refractivity contribution in [3.63, 3.8) is 0 Å². The Morgan fingerprint density at radius 3 is 2.55 bits per heavy atom. The number of benzene rings is 2. The van der Waals surface area contributed by atoms with Gasteiger partial charge in [0, 0.05) is 19.5 Å². The lowest BCUT2D eigenvalue weighted by molar-refractivity contribution is -0.384. The highest BCUT2D eigenvalue weighted by molar-refractivity contribution is 7.99. The number of rotatable bonds is 7. The first-order chi connectivity index (χ1) is 13.8. The zero-order chi connectivity index (χ0) is 21.0. The predicted octanol–water partition coefficient (Wildman–Crippen LogP) is 3.66. The van der Waals surface area contributed by atoms with Crippen LogP contribution in [0.1, 0.15) is 22.5 Å². The Morgan fingerprint density at radius 2 is 1.86 bits per heavy atom. The van der Waals surface area contributed by atoms with E-state index < -0.39 is 4.92 Å². The summed E-state index contributed by atoms with van der Waals surface area (Å²) in [6.07, 6.45) is 0.645. The summed E-state index contributed by atoms with van der Waals surface area (Å²) in [6.45, 7) is 3.64. The average molecular weight is 411 g/mol. The van der Waals surface area contributed by atoms with Crippen molar-refractivity contribution in [2.45, 2.75) is 25.4 Å². The maximum atomic E-state index is 12.4.